The van der Waals surface area contributed by atoms with Gasteiger partial charge in [0.25, 0.3) is 11.6 Å². The number of halogens is 2. The Kier molecular flexibility index (Phi) is 7.05. The first-order chi connectivity index (χ1) is 16.8. The first kappa shape index (κ1) is 23.9. The number of nitro benzene ring substituents is 1. The maximum Gasteiger partial charge on any atom is 0.345 e. The Morgan fingerprint density at radius 1 is 0.971 bits per heavy atom. The van der Waals surface area contributed by atoms with Crippen LogP contribution in [0.4, 0.5) is 5.69 Å². The molecule has 8 nitrogen and oxygen atoms in total. The summed E-state index contributed by atoms with van der Waals surface area (Å²) in [6.45, 7) is 0. The average molecular weight is 508 g/mol. The molecule has 0 spiro atoms. The van der Waals surface area contributed by atoms with Crippen molar-refractivity contribution in [3.8, 4) is 5.75 Å². The van der Waals surface area contributed by atoms with E-state index in [1.54, 1.807) is 12.1 Å². The zero-order valence-corrected chi connectivity index (χ0v) is 19.3. The van der Waals surface area contributed by atoms with Crippen molar-refractivity contribution in [1.82, 2.24) is 5.43 Å². The lowest BCUT2D eigenvalue weighted by Gasteiger charge is -2.11. The normalized spacial score (nSPS) is 10.9. The molecule has 174 valence electrons. The number of hydrazone groups is 1. The van der Waals surface area contributed by atoms with Gasteiger partial charge < -0.3 is 4.74 Å². The van der Waals surface area contributed by atoms with E-state index in [4.69, 9.17) is 27.9 Å². The standard InChI is InChI=1S/C25H15Cl2N3O5/c26-17-9-10-20(22(27)13-17)25(32)35-23-11-8-15-4-1-2-7-19(15)21(23)14-28-29-24(31)16-5-3-6-18(12-16)30(33)34/h1-14H,(H,29,31)/b28-14+. The van der Waals surface area contributed by atoms with Crippen molar-refractivity contribution >= 4 is 57.8 Å². The maximum atomic E-state index is 12.8. The second-order valence-electron chi connectivity index (χ2n) is 7.22. The van der Waals surface area contributed by atoms with Crippen LogP contribution in [0.25, 0.3) is 10.8 Å². The molecule has 4 rings (SSSR count). The van der Waals surface area contributed by atoms with E-state index < -0.39 is 16.8 Å². The molecule has 4 aromatic carbocycles. The molecule has 0 aliphatic carbocycles. The summed E-state index contributed by atoms with van der Waals surface area (Å²) in [5, 5.41) is 17.0. The second kappa shape index (κ2) is 10.3. The van der Waals surface area contributed by atoms with Gasteiger partial charge >= 0.3 is 5.97 Å². The third kappa shape index (κ3) is 5.46. The third-order valence-corrected chi connectivity index (χ3v) is 5.51. The fourth-order valence-electron chi connectivity index (χ4n) is 3.29. The van der Waals surface area contributed by atoms with E-state index in [0.717, 1.165) is 11.5 Å². The van der Waals surface area contributed by atoms with Gasteiger partial charge in [-0.3, -0.25) is 14.9 Å². The Labute approximate surface area is 208 Å². The molecule has 4 aromatic rings. The quantitative estimate of drug-likeness (QED) is 0.112. The molecule has 0 bridgehead atoms. The van der Waals surface area contributed by atoms with Crippen LogP contribution in [-0.2, 0) is 0 Å². The predicted octanol–water partition coefficient (Wildman–Crippen LogP) is 6.04. The highest BCUT2D eigenvalue weighted by Crippen LogP contribution is 2.29. The topological polar surface area (TPSA) is 111 Å². The Balaban J connectivity index is 1.63. The number of rotatable bonds is 6. The Hall–Kier alpha value is -4.27. The minimum atomic E-state index is -0.697. The van der Waals surface area contributed by atoms with E-state index >= 15 is 0 Å². The van der Waals surface area contributed by atoms with Gasteiger partial charge in [0, 0.05) is 28.3 Å². The van der Waals surface area contributed by atoms with Gasteiger partial charge in [-0.2, -0.15) is 5.10 Å². The number of carbonyl (C=O) groups excluding carboxylic acids is 2. The van der Waals surface area contributed by atoms with Gasteiger partial charge in [0.1, 0.15) is 5.75 Å². The lowest BCUT2D eigenvalue weighted by atomic mass is 10.0. The molecule has 0 saturated carbocycles. The molecular formula is C25H15Cl2N3O5. The van der Waals surface area contributed by atoms with Crippen LogP contribution in [0.5, 0.6) is 5.75 Å². The van der Waals surface area contributed by atoms with Gasteiger partial charge in [0.05, 0.1) is 21.7 Å². The summed E-state index contributed by atoms with van der Waals surface area (Å²) in [5.74, 6) is -1.15. The molecule has 0 aliphatic rings. The van der Waals surface area contributed by atoms with Gasteiger partial charge in [-0.25, -0.2) is 10.2 Å². The highest BCUT2D eigenvalue weighted by atomic mass is 35.5. The molecule has 10 heteroatoms. The monoisotopic (exact) mass is 507 g/mol. The Morgan fingerprint density at radius 2 is 1.77 bits per heavy atom. The van der Waals surface area contributed by atoms with Crippen molar-refractivity contribution in [3.63, 3.8) is 0 Å². The van der Waals surface area contributed by atoms with E-state index in [2.05, 4.69) is 10.5 Å². The summed E-state index contributed by atoms with van der Waals surface area (Å²) < 4.78 is 5.60. The number of nitrogens with zero attached hydrogens (tertiary/aromatic N) is 2. The Morgan fingerprint density at radius 3 is 2.54 bits per heavy atom. The minimum absolute atomic E-state index is 0.0679. The van der Waals surface area contributed by atoms with Crippen molar-refractivity contribution in [2.24, 2.45) is 5.10 Å². The van der Waals surface area contributed by atoms with Crippen LogP contribution < -0.4 is 10.2 Å². The van der Waals surface area contributed by atoms with Crippen LogP contribution in [0.15, 0.2) is 84.0 Å². The number of amides is 1. The van der Waals surface area contributed by atoms with Crippen molar-refractivity contribution in [3.05, 3.63) is 116 Å². The van der Waals surface area contributed by atoms with Gasteiger partial charge in [0.15, 0.2) is 0 Å². The minimum Gasteiger partial charge on any atom is -0.422 e. The molecule has 0 fully saturated rings. The number of ether oxygens (including phenoxy) is 1. The van der Waals surface area contributed by atoms with E-state index in [1.165, 1.54) is 42.6 Å². The molecule has 0 saturated heterocycles. The number of fused-ring (bicyclic) bond motifs is 1. The van der Waals surface area contributed by atoms with Crippen molar-refractivity contribution in [2.75, 3.05) is 0 Å². The van der Waals surface area contributed by atoms with Gasteiger partial charge in [-0.15, -0.1) is 0 Å². The number of esters is 1. The van der Waals surface area contributed by atoms with Gasteiger partial charge in [-0.05, 0) is 41.1 Å². The summed E-state index contributed by atoms with van der Waals surface area (Å²) in [7, 11) is 0. The van der Waals surface area contributed by atoms with Crippen LogP contribution in [0, 0.1) is 10.1 Å². The molecule has 0 atom stereocenters. The summed E-state index contributed by atoms with van der Waals surface area (Å²) in [6.07, 6.45) is 1.34. The number of benzene rings is 4. The van der Waals surface area contributed by atoms with Crippen LogP contribution in [0.1, 0.15) is 26.3 Å². The first-order valence-electron chi connectivity index (χ1n) is 10.1. The summed E-state index contributed by atoms with van der Waals surface area (Å²) in [6, 6.07) is 20.4. The molecular weight excluding hydrogens is 493 g/mol. The zero-order valence-electron chi connectivity index (χ0n) is 17.8. The largest absolute Gasteiger partial charge is 0.422 e. The fraction of sp³-hybridized carbons (Fsp3) is 0. The molecule has 1 N–H and O–H groups in total. The smallest absolute Gasteiger partial charge is 0.345 e. The van der Waals surface area contributed by atoms with E-state index in [-0.39, 0.29) is 27.6 Å². The van der Waals surface area contributed by atoms with Crippen LogP contribution in [0.3, 0.4) is 0 Å². The zero-order chi connectivity index (χ0) is 24.9. The third-order valence-electron chi connectivity index (χ3n) is 4.96. The molecule has 0 aliphatic heterocycles. The molecule has 0 radical (unpaired) electrons. The lowest BCUT2D eigenvalue weighted by Crippen LogP contribution is -2.18. The molecule has 0 heterocycles. The van der Waals surface area contributed by atoms with Crippen LogP contribution in [0.2, 0.25) is 10.0 Å². The summed E-state index contributed by atoms with van der Waals surface area (Å²) in [5.41, 5.74) is 2.75. The summed E-state index contributed by atoms with van der Waals surface area (Å²) >= 11 is 12.0. The van der Waals surface area contributed by atoms with E-state index in [0.29, 0.717) is 16.0 Å². The molecule has 35 heavy (non-hydrogen) atoms. The SMILES string of the molecule is O=C(N/N=C/c1c(OC(=O)c2ccc(Cl)cc2Cl)ccc2ccccc12)c1cccc([N+](=O)[O-])c1. The number of hydrogen-bond donors (Lipinski definition) is 1. The van der Waals surface area contributed by atoms with E-state index in [1.807, 2.05) is 24.3 Å². The highest BCUT2D eigenvalue weighted by molar-refractivity contribution is 6.36. The number of hydrogen-bond acceptors (Lipinski definition) is 6. The summed E-state index contributed by atoms with van der Waals surface area (Å²) in [4.78, 5) is 35.6. The van der Waals surface area contributed by atoms with Gasteiger partial charge in [0.2, 0.25) is 0 Å². The van der Waals surface area contributed by atoms with Crippen LogP contribution >= 0.6 is 23.2 Å². The highest BCUT2D eigenvalue weighted by Gasteiger charge is 2.17. The van der Waals surface area contributed by atoms with Gasteiger partial charge in [-0.1, -0.05) is 59.6 Å². The average Bonchev–Trinajstić information content (AvgIpc) is 2.85. The Bertz CT molecular complexity index is 1500. The van der Waals surface area contributed by atoms with Crippen LogP contribution in [-0.4, -0.2) is 23.0 Å². The second-order valence-corrected chi connectivity index (χ2v) is 8.06. The molecule has 0 unspecified atom stereocenters. The fourth-order valence-corrected chi connectivity index (χ4v) is 3.77. The number of nitrogens with one attached hydrogen (secondary N) is 1. The maximum absolute atomic E-state index is 12.8. The van der Waals surface area contributed by atoms with Crippen molar-refractivity contribution in [1.29, 1.82) is 0 Å². The van der Waals surface area contributed by atoms with Crippen molar-refractivity contribution in [2.45, 2.75) is 0 Å². The number of nitro groups is 1. The van der Waals surface area contributed by atoms with Crippen molar-refractivity contribution < 1.29 is 19.2 Å². The van der Waals surface area contributed by atoms with E-state index in [9.17, 15) is 19.7 Å². The first-order valence-corrected chi connectivity index (χ1v) is 10.9. The molecule has 0 aromatic heterocycles. The number of non-ortho nitro benzene ring substituents is 1. The molecule has 1 amide bonds. The predicted molar refractivity (Wildman–Crippen MR) is 134 cm³/mol. The number of carbonyl (C=O) groups is 2. The lowest BCUT2D eigenvalue weighted by molar-refractivity contribution is -0.384.